The van der Waals surface area contributed by atoms with E-state index in [-0.39, 0.29) is 5.91 Å². The molecule has 0 bridgehead atoms. The molecule has 4 rings (SSSR count). The second-order valence-electron chi connectivity index (χ2n) is 8.35. The number of hydrogen-bond donors (Lipinski definition) is 1. The van der Waals surface area contributed by atoms with E-state index in [2.05, 4.69) is 40.6 Å². The molecule has 156 valence electrons. The zero-order valence-electron chi connectivity index (χ0n) is 17.3. The first-order chi connectivity index (χ1) is 14.7. The van der Waals surface area contributed by atoms with Crippen molar-refractivity contribution >= 4 is 17.3 Å². The Morgan fingerprint density at radius 2 is 1.67 bits per heavy atom. The van der Waals surface area contributed by atoms with Crippen molar-refractivity contribution in [3.05, 3.63) is 59.7 Å². The average molecular weight is 404 g/mol. The van der Waals surface area contributed by atoms with E-state index in [9.17, 15) is 4.79 Å². The highest BCUT2D eigenvalue weighted by molar-refractivity contribution is 5.90. The summed E-state index contributed by atoms with van der Waals surface area (Å²) in [5.74, 6) is 1.12. The van der Waals surface area contributed by atoms with E-state index in [1.165, 1.54) is 11.3 Å². The predicted octanol–water partition coefficient (Wildman–Crippen LogP) is 4.70. The molecule has 5 nitrogen and oxygen atoms in total. The first-order valence-corrected chi connectivity index (χ1v) is 10.9. The van der Waals surface area contributed by atoms with Crippen molar-refractivity contribution in [1.29, 1.82) is 5.26 Å². The molecule has 0 atom stereocenters. The minimum atomic E-state index is 0.0676. The van der Waals surface area contributed by atoms with E-state index in [0.717, 1.165) is 57.7 Å². The molecule has 30 heavy (non-hydrogen) atoms. The van der Waals surface area contributed by atoms with Gasteiger partial charge in [-0.2, -0.15) is 5.26 Å². The third kappa shape index (κ3) is 5.20. The minimum Gasteiger partial charge on any atom is -0.378 e. The van der Waals surface area contributed by atoms with E-state index in [1.54, 1.807) is 24.3 Å². The first-order valence-electron chi connectivity index (χ1n) is 10.9. The van der Waals surface area contributed by atoms with Crippen molar-refractivity contribution in [1.82, 2.24) is 0 Å². The quantitative estimate of drug-likeness (QED) is 0.786. The molecule has 1 aliphatic carbocycles. The molecule has 0 unspecified atom stereocenters. The maximum atomic E-state index is 12.4. The van der Waals surface area contributed by atoms with Crippen LogP contribution in [0.4, 0.5) is 11.4 Å². The Balaban J connectivity index is 1.24. The van der Waals surface area contributed by atoms with Gasteiger partial charge in [-0.1, -0.05) is 12.1 Å². The van der Waals surface area contributed by atoms with Crippen LogP contribution in [0, 0.1) is 17.2 Å². The normalized spacial score (nSPS) is 21.6. The van der Waals surface area contributed by atoms with Gasteiger partial charge in [-0.15, -0.1) is 0 Å². The fourth-order valence-electron chi connectivity index (χ4n) is 4.58. The molecule has 0 spiro atoms. The number of rotatable bonds is 5. The summed E-state index contributed by atoms with van der Waals surface area (Å²) < 4.78 is 5.44. The van der Waals surface area contributed by atoms with Crippen LogP contribution in [0.15, 0.2) is 48.5 Å². The molecule has 2 fully saturated rings. The molecular formula is C25H29N3O2. The number of nitrogens with zero attached hydrogens (tertiary/aromatic N) is 2. The minimum absolute atomic E-state index is 0.0676. The summed E-state index contributed by atoms with van der Waals surface area (Å²) in [6, 6.07) is 18.2. The molecule has 1 heterocycles. The van der Waals surface area contributed by atoms with Gasteiger partial charge in [0.05, 0.1) is 24.8 Å². The Morgan fingerprint density at radius 3 is 2.30 bits per heavy atom. The summed E-state index contributed by atoms with van der Waals surface area (Å²) in [5, 5.41) is 11.8. The van der Waals surface area contributed by atoms with Crippen LogP contribution in [-0.4, -0.2) is 32.2 Å². The number of nitriles is 1. The van der Waals surface area contributed by atoms with Crippen molar-refractivity contribution in [3.8, 4) is 6.07 Å². The van der Waals surface area contributed by atoms with Crippen LogP contribution in [0.1, 0.15) is 49.1 Å². The topological polar surface area (TPSA) is 65.4 Å². The van der Waals surface area contributed by atoms with E-state index in [4.69, 9.17) is 10.00 Å². The molecule has 2 aromatic rings. The summed E-state index contributed by atoms with van der Waals surface area (Å²) in [7, 11) is 0. The maximum absolute atomic E-state index is 12.4. The van der Waals surface area contributed by atoms with Gasteiger partial charge in [0.15, 0.2) is 0 Å². The number of ether oxygens (including phenoxy) is 1. The number of amides is 1. The average Bonchev–Trinajstić information content (AvgIpc) is 2.81. The van der Waals surface area contributed by atoms with Crippen molar-refractivity contribution in [2.75, 3.05) is 36.5 Å². The highest BCUT2D eigenvalue weighted by atomic mass is 16.5. The molecule has 1 aliphatic heterocycles. The number of anilines is 2. The van der Waals surface area contributed by atoms with E-state index in [1.807, 2.05) is 0 Å². The van der Waals surface area contributed by atoms with Crippen LogP contribution in [0.3, 0.4) is 0 Å². The summed E-state index contributed by atoms with van der Waals surface area (Å²) in [5.41, 5.74) is 4.07. The maximum Gasteiger partial charge on any atom is 0.224 e. The van der Waals surface area contributed by atoms with Crippen LogP contribution >= 0.6 is 0 Å². The standard InChI is InChI=1S/C25H29N3O2/c26-18-20-3-9-23(10-4-20)27-25(29)17-19-1-5-21(6-2-19)22-7-11-24(12-8-22)28-13-15-30-16-14-28/h3-4,7-12,19,21H,1-2,5-6,13-17H2,(H,27,29). The largest absolute Gasteiger partial charge is 0.378 e. The molecule has 2 aliphatic rings. The van der Waals surface area contributed by atoms with Crippen LogP contribution in [0.25, 0.3) is 0 Å². The molecule has 0 aromatic heterocycles. The Labute approximate surface area is 178 Å². The fourth-order valence-corrected chi connectivity index (χ4v) is 4.58. The van der Waals surface area contributed by atoms with E-state index in [0.29, 0.717) is 23.8 Å². The Bertz CT molecular complexity index is 872. The Morgan fingerprint density at radius 1 is 1.00 bits per heavy atom. The number of morpholine rings is 1. The van der Waals surface area contributed by atoms with Crippen molar-refractivity contribution in [2.45, 2.75) is 38.0 Å². The number of carbonyl (C=O) groups is 1. The summed E-state index contributed by atoms with van der Waals surface area (Å²) in [6.07, 6.45) is 5.05. The van der Waals surface area contributed by atoms with Crippen LogP contribution in [0.5, 0.6) is 0 Å². The third-order valence-electron chi connectivity index (χ3n) is 6.36. The highest BCUT2D eigenvalue weighted by Gasteiger charge is 2.24. The lowest BCUT2D eigenvalue weighted by atomic mass is 9.77. The van der Waals surface area contributed by atoms with Crippen molar-refractivity contribution < 1.29 is 9.53 Å². The summed E-state index contributed by atoms with van der Waals surface area (Å²) in [6.45, 7) is 3.55. The van der Waals surface area contributed by atoms with Gasteiger partial charge in [0, 0.05) is 30.9 Å². The third-order valence-corrected chi connectivity index (χ3v) is 6.36. The van der Waals surface area contributed by atoms with Crippen molar-refractivity contribution in [3.63, 3.8) is 0 Å². The lowest BCUT2D eigenvalue weighted by Crippen LogP contribution is -2.36. The Kier molecular flexibility index (Phi) is 6.66. The monoisotopic (exact) mass is 403 g/mol. The highest BCUT2D eigenvalue weighted by Crippen LogP contribution is 2.37. The second kappa shape index (κ2) is 9.77. The lowest BCUT2D eigenvalue weighted by molar-refractivity contribution is -0.117. The van der Waals surface area contributed by atoms with Gasteiger partial charge in [-0.25, -0.2) is 0 Å². The number of nitrogens with one attached hydrogen (secondary N) is 1. The van der Waals surface area contributed by atoms with Gasteiger partial charge in [0.25, 0.3) is 0 Å². The van der Waals surface area contributed by atoms with Gasteiger partial charge in [0.1, 0.15) is 0 Å². The summed E-state index contributed by atoms with van der Waals surface area (Å²) in [4.78, 5) is 14.8. The SMILES string of the molecule is N#Cc1ccc(NC(=O)CC2CCC(c3ccc(N4CCOCC4)cc3)CC2)cc1. The lowest BCUT2D eigenvalue weighted by Gasteiger charge is -2.30. The number of carbonyl (C=O) groups excluding carboxylic acids is 1. The Hall–Kier alpha value is -2.84. The van der Waals surface area contributed by atoms with E-state index >= 15 is 0 Å². The van der Waals surface area contributed by atoms with Gasteiger partial charge in [-0.05, 0) is 79.5 Å². The first kappa shape index (κ1) is 20.4. The zero-order chi connectivity index (χ0) is 20.8. The molecule has 1 N–H and O–H groups in total. The molecular weight excluding hydrogens is 374 g/mol. The number of hydrogen-bond acceptors (Lipinski definition) is 4. The summed E-state index contributed by atoms with van der Waals surface area (Å²) >= 11 is 0. The molecule has 5 heteroatoms. The van der Waals surface area contributed by atoms with Gasteiger partial charge < -0.3 is 15.0 Å². The van der Waals surface area contributed by atoms with Gasteiger partial charge >= 0.3 is 0 Å². The smallest absolute Gasteiger partial charge is 0.224 e. The van der Waals surface area contributed by atoms with Gasteiger partial charge in [0.2, 0.25) is 5.91 Å². The second-order valence-corrected chi connectivity index (χ2v) is 8.35. The molecule has 2 aromatic carbocycles. The zero-order valence-corrected chi connectivity index (χ0v) is 17.3. The predicted molar refractivity (Wildman–Crippen MR) is 119 cm³/mol. The van der Waals surface area contributed by atoms with Crippen LogP contribution in [0.2, 0.25) is 0 Å². The molecule has 1 amide bonds. The van der Waals surface area contributed by atoms with Crippen LogP contribution < -0.4 is 10.2 Å². The van der Waals surface area contributed by atoms with Crippen molar-refractivity contribution in [2.24, 2.45) is 5.92 Å². The molecule has 1 saturated heterocycles. The van der Waals surface area contributed by atoms with Crippen LogP contribution in [-0.2, 0) is 9.53 Å². The van der Waals surface area contributed by atoms with E-state index < -0.39 is 0 Å². The fraction of sp³-hybridized carbons (Fsp3) is 0.440. The molecule has 0 radical (unpaired) electrons. The van der Waals surface area contributed by atoms with Gasteiger partial charge in [-0.3, -0.25) is 4.79 Å². The number of benzene rings is 2. The molecule has 1 saturated carbocycles.